The molecule has 1 rings (SSSR count). The van der Waals surface area contributed by atoms with Crippen molar-refractivity contribution in [3.8, 4) is 0 Å². The molecule has 0 aromatic carbocycles. The number of nitrogens with one attached hydrogen (secondary N) is 1. The van der Waals surface area contributed by atoms with Crippen LogP contribution in [-0.4, -0.2) is 29.1 Å². The lowest BCUT2D eigenvalue weighted by Gasteiger charge is -2.29. The van der Waals surface area contributed by atoms with Gasteiger partial charge in [0.25, 0.3) is 0 Å². The van der Waals surface area contributed by atoms with Crippen LogP contribution in [0.25, 0.3) is 0 Å². The highest BCUT2D eigenvalue weighted by Gasteiger charge is 2.31. The Morgan fingerprint density at radius 3 is 2.67 bits per heavy atom. The fourth-order valence-electron chi connectivity index (χ4n) is 2.58. The van der Waals surface area contributed by atoms with Gasteiger partial charge in [-0.3, -0.25) is 9.59 Å². The number of hydrogen-bond donors (Lipinski definition) is 3. The fourth-order valence-corrected chi connectivity index (χ4v) is 2.58. The first-order valence-corrected chi connectivity index (χ1v) is 6.82. The van der Waals surface area contributed by atoms with Crippen molar-refractivity contribution in [3.05, 3.63) is 0 Å². The number of carbonyl (C=O) groups is 2. The summed E-state index contributed by atoms with van der Waals surface area (Å²) in [7, 11) is 0. The van der Waals surface area contributed by atoms with Gasteiger partial charge in [-0.1, -0.05) is 26.2 Å². The van der Waals surface area contributed by atoms with E-state index in [1.807, 2.05) is 6.92 Å². The zero-order valence-electron chi connectivity index (χ0n) is 11.0. The van der Waals surface area contributed by atoms with E-state index in [1.54, 1.807) is 0 Å². The van der Waals surface area contributed by atoms with Crippen LogP contribution in [0.4, 0.5) is 0 Å². The summed E-state index contributed by atoms with van der Waals surface area (Å²) in [6.07, 6.45) is 5.38. The van der Waals surface area contributed by atoms with Gasteiger partial charge in [0.15, 0.2) is 0 Å². The molecule has 5 nitrogen and oxygen atoms in total. The Morgan fingerprint density at radius 2 is 2.06 bits per heavy atom. The van der Waals surface area contributed by atoms with E-state index in [1.165, 1.54) is 0 Å². The van der Waals surface area contributed by atoms with Crippen LogP contribution in [0.1, 0.15) is 51.9 Å². The Balaban J connectivity index is 2.43. The van der Waals surface area contributed by atoms with E-state index >= 15 is 0 Å². The van der Waals surface area contributed by atoms with E-state index < -0.39 is 11.9 Å². The third-order valence-corrected chi connectivity index (χ3v) is 3.54. The van der Waals surface area contributed by atoms with Crippen molar-refractivity contribution >= 4 is 11.9 Å². The van der Waals surface area contributed by atoms with Gasteiger partial charge in [0, 0.05) is 18.5 Å². The van der Waals surface area contributed by atoms with Gasteiger partial charge in [-0.2, -0.15) is 0 Å². The van der Waals surface area contributed by atoms with Crippen LogP contribution in [0, 0.1) is 5.92 Å². The van der Waals surface area contributed by atoms with E-state index in [-0.39, 0.29) is 24.4 Å². The Morgan fingerprint density at radius 1 is 1.39 bits per heavy atom. The van der Waals surface area contributed by atoms with Crippen LogP contribution in [-0.2, 0) is 9.59 Å². The molecule has 0 bridgehead atoms. The third-order valence-electron chi connectivity index (χ3n) is 3.54. The van der Waals surface area contributed by atoms with E-state index in [9.17, 15) is 9.59 Å². The fraction of sp³-hybridized carbons (Fsp3) is 0.846. The van der Waals surface area contributed by atoms with Crippen molar-refractivity contribution < 1.29 is 14.7 Å². The number of carboxylic acids is 1. The first kappa shape index (κ1) is 15.0. The second kappa shape index (κ2) is 7.36. The summed E-state index contributed by atoms with van der Waals surface area (Å²) in [6, 6.07) is -0.348. The van der Waals surface area contributed by atoms with Crippen LogP contribution >= 0.6 is 0 Å². The van der Waals surface area contributed by atoms with E-state index in [0.29, 0.717) is 6.42 Å². The maximum Gasteiger partial charge on any atom is 0.308 e. The molecule has 104 valence electrons. The first-order chi connectivity index (χ1) is 8.54. The quantitative estimate of drug-likeness (QED) is 0.667. The standard InChI is InChI=1S/C13H24N2O3/c1-2-5-9(14)8-12(16)15-11-7-4-3-6-10(11)13(17)18/h9-11H,2-8,14H2,1H3,(H,15,16)(H,17,18). The lowest BCUT2D eigenvalue weighted by atomic mass is 9.84. The smallest absolute Gasteiger partial charge is 0.308 e. The molecule has 1 saturated carbocycles. The molecular formula is C13H24N2O3. The topological polar surface area (TPSA) is 92.4 Å². The summed E-state index contributed by atoms with van der Waals surface area (Å²) in [6.45, 7) is 2.03. The number of rotatable bonds is 6. The van der Waals surface area contributed by atoms with Gasteiger partial charge in [0.2, 0.25) is 5.91 Å². The Hall–Kier alpha value is -1.10. The normalized spacial score (nSPS) is 25.4. The van der Waals surface area contributed by atoms with Gasteiger partial charge in [-0.25, -0.2) is 0 Å². The minimum atomic E-state index is -0.808. The molecular weight excluding hydrogens is 232 g/mol. The van der Waals surface area contributed by atoms with Crippen molar-refractivity contribution in [3.63, 3.8) is 0 Å². The van der Waals surface area contributed by atoms with Gasteiger partial charge in [-0.05, 0) is 19.3 Å². The van der Waals surface area contributed by atoms with Crippen LogP contribution in [0.3, 0.4) is 0 Å². The zero-order chi connectivity index (χ0) is 13.5. The molecule has 0 radical (unpaired) electrons. The molecule has 1 aliphatic rings. The summed E-state index contributed by atoms with van der Waals surface area (Å²) in [5, 5.41) is 12.0. The molecule has 3 unspecified atom stereocenters. The van der Waals surface area contributed by atoms with Crippen LogP contribution in [0.5, 0.6) is 0 Å². The number of hydrogen-bond acceptors (Lipinski definition) is 3. The molecule has 5 heteroatoms. The van der Waals surface area contributed by atoms with Crippen molar-refractivity contribution in [1.82, 2.24) is 5.32 Å². The number of carbonyl (C=O) groups excluding carboxylic acids is 1. The number of amides is 1. The Kier molecular flexibility index (Phi) is 6.12. The highest BCUT2D eigenvalue weighted by molar-refractivity contribution is 5.78. The molecule has 1 fully saturated rings. The summed E-state index contributed by atoms with van der Waals surface area (Å²) < 4.78 is 0. The molecule has 0 spiro atoms. The molecule has 1 amide bonds. The van der Waals surface area contributed by atoms with E-state index in [2.05, 4.69) is 5.32 Å². The Bertz CT molecular complexity index is 294. The second-order valence-corrected chi connectivity index (χ2v) is 5.16. The lowest BCUT2D eigenvalue weighted by Crippen LogP contribution is -2.46. The molecule has 0 aromatic rings. The van der Waals surface area contributed by atoms with Crippen LogP contribution in [0.2, 0.25) is 0 Å². The largest absolute Gasteiger partial charge is 0.481 e. The number of nitrogens with two attached hydrogens (primary N) is 1. The average molecular weight is 256 g/mol. The van der Waals surface area contributed by atoms with Crippen molar-refractivity contribution in [2.75, 3.05) is 0 Å². The molecule has 1 aliphatic carbocycles. The van der Waals surface area contributed by atoms with Crippen molar-refractivity contribution in [2.24, 2.45) is 11.7 Å². The van der Waals surface area contributed by atoms with Gasteiger partial charge in [0.05, 0.1) is 5.92 Å². The van der Waals surface area contributed by atoms with Crippen LogP contribution < -0.4 is 11.1 Å². The van der Waals surface area contributed by atoms with Gasteiger partial charge >= 0.3 is 5.97 Å². The monoisotopic (exact) mass is 256 g/mol. The first-order valence-electron chi connectivity index (χ1n) is 6.82. The molecule has 0 saturated heterocycles. The molecule has 0 aliphatic heterocycles. The van der Waals surface area contributed by atoms with Gasteiger partial charge in [0.1, 0.15) is 0 Å². The van der Waals surface area contributed by atoms with Crippen LogP contribution in [0.15, 0.2) is 0 Å². The minimum Gasteiger partial charge on any atom is -0.481 e. The predicted octanol–water partition coefficient (Wildman–Crippen LogP) is 1.26. The molecule has 3 atom stereocenters. The maximum absolute atomic E-state index is 11.8. The summed E-state index contributed by atoms with van der Waals surface area (Å²) >= 11 is 0. The molecule has 0 heterocycles. The molecule has 0 aromatic heterocycles. The van der Waals surface area contributed by atoms with Crippen molar-refractivity contribution in [2.45, 2.75) is 64.0 Å². The lowest BCUT2D eigenvalue weighted by molar-refractivity contribution is -0.144. The van der Waals surface area contributed by atoms with Gasteiger partial charge < -0.3 is 16.2 Å². The SMILES string of the molecule is CCCC(N)CC(=O)NC1CCCCC1C(=O)O. The maximum atomic E-state index is 11.8. The summed E-state index contributed by atoms with van der Waals surface area (Å²) in [5.41, 5.74) is 5.81. The highest BCUT2D eigenvalue weighted by atomic mass is 16.4. The number of aliphatic carboxylic acids is 1. The van der Waals surface area contributed by atoms with E-state index in [0.717, 1.165) is 32.1 Å². The molecule has 18 heavy (non-hydrogen) atoms. The molecule has 4 N–H and O–H groups in total. The minimum absolute atomic E-state index is 0.117. The third kappa shape index (κ3) is 4.64. The summed E-state index contributed by atoms with van der Waals surface area (Å²) in [4.78, 5) is 22.9. The second-order valence-electron chi connectivity index (χ2n) is 5.16. The summed E-state index contributed by atoms with van der Waals surface area (Å²) in [5.74, 6) is -1.36. The van der Waals surface area contributed by atoms with Gasteiger partial charge in [-0.15, -0.1) is 0 Å². The predicted molar refractivity (Wildman–Crippen MR) is 69.0 cm³/mol. The zero-order valence-corrected chi connectivity index (χ0v) is 11.0. The Labute approximate surface area is 108 Å². The number of carboxylic acid groups (broad SMARTS) is 1. The highest BCUT2D eigenvalue weighted by Crippen LogP contribution is 2.24. The van der Waals surface area contributed by atoms with E-state index in [4.69, 9.17) is 10.8 Å². The average Bonchev–Trinajstić information content (AvgIpc) is 2.29. The van der Waals surface area contributed by atoms with Crippen molar-refractivity contribution in [1.29, 1.82) is 0 Å².